The molecule has 58 heavy (non-hydrogen) atoms. The average Bonchev–Trinajstić information content (AvgIpc) is 3.88. The highest BCUT2D eigenvalue weighted by atomic mass is 32.2. The van der Waals surface area contributed by atoms with Gasteiger partial charge >= 0.3 is 0 Å². The molecule has 0 spiro atoms. The van der Waals surface area contributed by atoms with E-state index in [4.69, 9.17) is 59.1 Å². The number of fused-ring (bicyclic) bond motifs is 2. The molecule has 2 aliphatic rings. The lowest BCUT2D eigenvalue weighted by Gasteiger charge is -2.34. The fourth-order valence-corrected chi connectivity index (χ4v) is 7.22. The van der Waals surface area contributed by atoms with Gasteiger partial charge < -0.3 is 68.0 Å². The molecule has 2 fully saturated rings. The number of terminal acetylenes is 1. The summed E-state index contributed by atoms with van der Waals surface area (Å²) in [6, 6.07) is 0. The van der Waals surface area contributed by atoms with E-state index >= 15 is 0 Å². The van der Waals surface area contributed by atoms with Crippen LogP contribution >= 0.6 is 19.6 Å². The van der Waals surface area contributed by atoms with Gasteiger partial charge in [-0.2, -0.15) is 4.98 Å². The van der Waals surface area contributed by atoms with Crippen LogP contribution in [0.4, 0.5) is 5.95 Å². The molecule has 5 atom stereocenters. The second-order valence-corrected chi connectivity index (χ2v) is 14.7. The van der Waals surface area contributed by atoms with E-state index in [0.717, 1.165) is 11.8 Å². The lowest BCUT2D eigenvalue weighted by atomic mass is 10.1. The van der Waals surface area contributed by atoms with Crippen molar-refractivity contribution < 1.29 is 66.3 Å². The lowest BCUT2D eigenvalue weighted by molar-refractivity contribution is -0.245. The second kappa shape index (κ2) is 23.9. The van der Waals surface area contributed by atoms with Crippen LogP contribution in [-0.2, 0) is 69.5 Å². The van der Waals surface area contributed by atoms with Gasteiger partial charge in [-0.1, -0.05) is 22.9 Å². The van der Waals surface area contributed by atoms with Crippen molar-refractivity contribution in [2.45, 2.75) is 42.8 Å². The molecule has 322 valence electrons. The van der Waals surface area contributed by atoms with Crippen LogP contribution in [0.3, 0.4) is 0 Å². The van der Waals surface area contributed by atoms with Gasteiger partial charge in [0.25, 0.3) is 13.4 Å². The van der Waals surface area contributed by atoms with E-state index < -0.39 is 37.9 Å². The topological polar surface area (TPSA) is 302 Å². The van der Waals surface area contributed by atoms with Crippen LogP contribution < -0.4 is 21.5 Å². The maximum Gasteiger partial charge on any atom is 0.280 e. The number of thioether (sulfide) groups is 1. The molecule has 5 heterocycles. The molecule has 3 aromatic heterocycles. The van der Waals surface area contributed by atoms with Gasteiger partial charge in [-0.05, 0) is 0 Å². The van der Waals surface area contributed by atoms with Gasteiger partial charge in [-0.25, -0.2) is 9.67 Å². The van der Waals surface area contributed by atoms with Gasteiger partial charge in [0.15, 0.2) is 22.5 Å². The Kier molecular flexibility index (Phi) is 18.7. The Bertz CT molecular complexity index is 1880. The van der Waals surface area contributed by atoms with E-state index in [1.165, 1.54) is 9.25 Å². The smallest absolute Gasteiger partial charge is 0.280 e. The number of phosphoric acid groups is 1. The highest BCUT2D eigenvalue weighted by Gasteiger charge is 2.51. The number of nitrogens with two attached hydrogens (primary N) is 1. The maximum absolute atomic E-state index is 12.6. The number of nitrogens with one attached hydrogen (secondary N) is 2. The van der Waals surface area contributed by atoms with Crippen molar-refractivity contribution in [2.75, 3.05) is 111 Å². The number of imidazole rings is 1. The Labute approximate surface area is 336 Å². The van der Waals surface area contributed by atoms with Gasteiger partial charge in [-0.15, -0.1) is 11.5 Å². The minimum Gasteiger partial charge on any atom is -0.756 e. The summed E-state index contributed by atoms with van der Waals surface area (Å²) in [5.74, 6) is 2.10. The largest absolute Gasteiger partial charge is 0.756 e. The molecule has 26 heteroatoms. The number of aromatic amines is 1. The summed E-state index contributed by atoms with van der Waals surface area (Å²) >= 11 is 1.13. The van der Waals surface area contributed by atoms with Gasteiger partial charge in [0.05, 0.1) is 98.7 Å². The molecular formula is C32H47N9O15PS-. The molecular weight excluding hydrogens is 813 g/mol. The zero-order chi connectivity index (χ0) is 41.2. The summed E-state index contributed by atoms with van der Waals surface area (Å²) in [4.78, 5) is 48.0. The highest BCUT2D eigenvalue weighted by molar-refractivity contribution is 7.99. The molecule has 0 aliphatic carbocycles. The third-order valence-electron chi connectivity index (χ3n) is 7.96. The Balaban J connectivity index is 0.903. The standard InChI is InChI=1S/C32H48N9O15PS/c1-2-4-47-5-6-48-7-8-49-9-10-50-11-12-51-13-14-52-15-16-53-20-22-18-40(39-38-22)19-24(42)34-3-17-58-32-35-25-28(36-31(33)37-29(25)44)41(32)30-26(43)27-23(55-30)21-54-57(45,46)56-27/h1,18,23,26-27,30,43H,3-17,19-21H2,(H,34,42)(H,45,46)(H3,33,36,37,44)/p-1/t23?,26?,27-,30-/m1/s1. The number of carbonyl (C=O) groups excluding carboxylic acids is 1. The first-order chi connectivity index (χ1) is 28.1. The number of amides is 1. The maximum atomic E-state index is 12.6. The van der Waals surface area contributed by atoms with Gasteiger partial charge in [0.2, 0.25) is 11.9 Å². The molecule has 24 nitrogen and oxygen atoms in total. The Morgan fingerprint density at radius 2 is 1.66 bits per heavy atom. The monoisotopic (exact) mass is 860 g/mol. The third kappa shape index (κ3) is 14.3. The number of aliphatic hydroxyl groups is 1. The predicted molar refractivity (Wildman–Crippen MR) is 198 cm³/mol. The van der Waals surface area contributed by atoms with E-state index in [9.17, 15) is 24.2 Å². The Morgan fingerprint density at radius 1 is 1.03 bits per heavy atom. The SMILES string of the molecule is C#CCOCCOCCOCCOCCOCCOCCOCc1cn(CC(=O)NCCSc2nc3c(=O)[nH]c(N)nc3n2[C@@H]2OC3COP(=O)([O-])O[C@H]3C2O)nn1. The van der Waals surface area contributed by atoms with Gasteiger partial charge in [0.1, 0.15) is 37.2 Å². The number of rotatable bonds is 28. The number of hydrogen-bond donors (Lipinski definition) is 4. The van der Waals surface area contributed by atoms with E-state index in [0.29, 0.717) is 85.0 Å². The number of carbonyl (C=O) groups is 1. The Morgan fingerprint density at radius 3 is 2.29 bits per heavy atom. The van der Waals surface area contributed by atoms with E-state index in [1.807, 2.05) is 0 Å². The van der Waals surface area contributed by atoms with Crippen LogP contribution in [0.25, 0.3) is 11.2 Å². The number of aromatic nitrogens is 7. The number of H-pyrrole nitrogens is 1. The molecule has 0 saturated carbocycles. The summed E-state index contributed by atoms with van der Waals surface area (Å²) in [5.41, 5.74) is 5.58. The molecule has 2 aliphatic heterocycles. The number of nitrogen functional groups attached to an aromatic ring is 1. The highest BCUT2D eigenvalue weighted by Crippen LogP contribution is 2.50. The number of hydrogen-bond acceptors (Lipinski definition) is 21. The summed E-state index contributed by atoms with van der Waals surface area (Å²) in [6.07, 6.45) is 1.77. The van der Waals surface area contributed by atoms with E-state index in [-0.39, 0.29) is 66.8 Å². The minimum absolute atomic E-state index is 0.000669. The first-order valence-corrected chi connectivity index (χ1v) is 20.6. The van der Waals surface area contributed by atoms with Crippen molar-refractivity contribution in [3.8, 4) is 12.3 Å². The van der Waals surface area contributed by atoms with Crippen molar-refractivity contribution in [3.05, 3.63) is 22.2 Å². The molecule has 3 unspecified atom stereocenters. The zero-order valence-corrected chi connectivity index (χ0v) is 33.2. The summed E-state index contributed by atoms with van der Waals surface area (Å²) in [6.45, 7) is 5.31. The molecule has 3 aromatic rings. The van der Waals surface area contributed by atoms with Crippen molar-refractivity contribution in [1.82, 2.24) is 39.8 Å². The number of aliphatic hydroxyl groups excluding tert-OH is 1. The number of phosphoric ester groups is 1. The first-order valence-electron chi connectivity index (χ1n) is 18.2. The normalized spacial score (nSPS) is 21.7. The Hall–Kier alpha value is -3.58. The summed E-state index contributed by atoms with van der Waals surface area (Å²) in [5, 5.41) is 22.0. The molecule has 0 radical (unpaired) electrons. The van der Waals surface area contributed by atoms with Crippen LogP contribution in [-0.4, -0.2) is 169 Å². The minimum atomic E-state index is -4.63. The quantitative estimate of drug-likeness (QED) is 0.0256. The first kappa shape index (κ1) is 45.5. The van der Waals surface area contributed by atoms with Crippen LogP contribution in [0.1, 0.15) is 11.9 Å². The van der Waals surface area contributed by atoms with Crippen molar-refractivity contribution in [2.24, 2.45) is 0 Å². The summed E-state index contributed by atoms with van der Waals surface area (Å²) < 4.78 is 68.0. The van der Waals surface area contributed by atoms with E-state index in [2.05, 4.69) is 36.5 Å². The molecule has 1 amide bonds. The lowest BCUT2D eigenvalue weighted by Crippen LogP contribution is -2.41. The van der Waals surface area contributed by atoms with Crippen LogP contribution in [0.5, 0.6) is 0 Å². The molecule has 0 bridgehead atoms. The van der Waals surface area contributed by atoms with Crippen molar-refractivity contribution in [1.29, 1.82) is 0 Å². The van der Waals surface area contributed by atoms with Gasteiger partial charge in [0, 0.05) is 12.3 Å². The predicted octanol–water partition coefficient (Wildman–Crippen LogP) is -2.41. The van der Waals surface area contributed by atoms with Crippen LogP contribution in [0.2, 0.25) is 0 Å². The van der Waals surface area contributed by atoms with Gasteiger partial charge in [-0.3, -0.25) is 23.7 Å². The second-order valence-electron chi connectivity index (χ2n) is 12.2. The van der Waals surface area contributed by atoms with Crippen LogP contribution in [0, 0.1) is 12.3 Å². The molecule has 5 N–H and O–H groups in total. The third-order valence-corrected chi connectivity index (χ3v) is 9.88. The fourth-order valence-electron chi connectivity index (χ4n) is 5.40. The number of ether oxygens (including phenoxy) is 8. The zero-order valence-electron chi connectivity index (χ0n) is 31.5. The van der Waals surface area contributed by atoms with Crippen molar-refractivity contribution >= 4 is 42.6 Å². The molecule has 5 rings (SSSR count). The number of anilines is 1. The summed E-state index contributed by atoms with van der Waals surface area (Å²) in [7, 11) is -4.63. The average molecular weight is 861 g/mol. The fraction of sp³-hybridized carbons (Fsp3) is 0.688. The van der Waals surface area contributed by atoms with E-state index in [1.54, 1.807) is 6.20 Å². The van der Waals surface area contributed by atoms with Crippen LogP contribution in [0.15, 0.2) is 16.1 Å². The molecule has 2 saturated heterocycles. The van der Waals surface area contributed by atoms with Crippen molar-refractivity contribution in [3.63, 3.8) is 0 Å². The number of nitrogens with zero attached hydrogens (tertiary/aromatic N) is 6. The molecule has 0 aromatic carbocycles.